The molecule has 0 bridgehead atoms. The summed E-state index contributed by atoms with van der Waals surface area (Å²) in [5, 5.41) is 15.1. The normalized spacial score (nSPS) is 12.8. The molecule has 1 aliphatic rings. The number of benzene rings is 2. The summed E-state index contributed by atoms with van der Waals surface area (Å²) in [4.78, 5) is 25.7. The number of nitrogens with one attached hydrogen (secondary N) is 2. The zero-order valence-corrected chi connectivity index (χ0v) is 13.6. The van der Waals surface area contributed by atoms with Gasteiger partial charge in [0.25, 0.3) is 0 Å². The lowest BCUT2D eigenvalue weighted by molar-refractivity contribution is 0.0979. The van der Waals surface area contributed by atoms with Crippen molar-refractivity contribution in [1.29, 1.82) is 0 Å². The molecule has 0 amide bonds. The smallest absolute Gasteiger partial charge is 0.196 e. The summed E-state index contributed by atoms with van der Waals surface area (Å²) in [5.74, 6) is -0.213. The Morgan fingerprint density at radius 1 is 0.875 bits per heavy atom. The van der Waals surface area contributed by atoms with E-state index in [1.54, 1.807) is 24.3 Å². The molecule has 0 spiro atoms. The van der Waals surface area contributed by atoms with Crippen molar-refractivity contribution < 1.29 is 14.7 Å². The number of carbonyl (C=O) groups excluding carboxylic acids is 2. The Morgan fingerprint density at radius 2 is 1.54 bits per heavy atom. The van der Waals surface area contributed by atoms with Gasteiger partial charge in [0, 0.05) is 42.0 Å². The van der Waals surface area contributed by atoms with E-state index in [9.17, 15) is 9.59 Å². The molecule has 24 heavy (non-hydrogen) atoms. The van der Waals surface area contributed by atoms with Gasteiger partial charge in [-0.3, -0.25) is 9.59 Å². The van der Waals surface area contributed by atoms with Crippen LogP contribution >= 0.6 is 0 Å². The van der Waals surface area contributed by atoms with Crippen molar-refractivity contribution in [2.45, 2.75) is 6.92 Å². The second kappa shape index (κ2) is 6.95. The van der Waals surface area contributed by atoms with Gasteiger partial charge in [-0.15, -0.1) is 0 Å². The van der Waals surface area contributed by atoms with Crippen molar-refractivity contribution in [3.05, 3.63) is 64.2 Å². The quantitative estimate of drug-likeness (QED) is 0.602. The third-order valence-electron chi connectivity index (χ3n) is 4.19. The van der Waals surface area contributed by atoms with Crippen LogP contribution in [0.5, 0.6) is 0 Å². The lowest BCUT2D eigenvalue weighted by Crippen LogP contribution is -2.27. The van der Waals surface area contributed by atoms with Crippen LogP contribution in [-0.4, -0.2) is 42.9 Å². The van der Waals surface area contributed by atoms with Gasteiger partial charge in [0.05, 0.1) is 12.2 Å². The van der Waals surface area contributed by atoms with E-state index in [2.05, 4.69) is 10.6 Å². The van der Waals surface area contributed by atoms with Gasteiger partial charge < -0.3 is 15.7 Å². The first kappa shape index (κ1) is 16.4. The van der Waals surface area contributed by atoms with Crippen LogP contribution in [0, 0.1) is 6.92 Å². The molecule has 3 rings (SSSR count). The van der Waals surface area contributed by atoms with Gasteiger partial charge in [-0.05, 0) is 18.6 Å². The molecule has 2 aromatic rings. The van der Waals surface area contributed by atoms with E-state index in [0.29, 0.717) is 47.6 Å². The number of rotatable bonds is 6. The van der Waals surface area contributed by atoms with Crippen LogP contribution in [0.15, 0.2) is 36.4 Å². The van der Waals surface area contributed by atoms with E-state index >= 15 is 0 Å². The van der Waals surface area contributed by atoms with Crippen LogP contribution in [0.25, 0.3) is 0 Å². The van der Waals surface area contributed by atoms with Gasteiger partial charge in [-0.1, -0.05) is 30.3 Å². The maximum Gasteiger partial charge on any atom is 0.196 e. The molecule has 124 valence electrons. The average molecular weight is 324 g/mol. The van der Waals surface area contributed by atoms with Crippen LogP contribution in [0.4, 0.5) is 5.69 Å². The minimum absolute atomic E-state index is 0.0870. The van der Waals surface area contributed by atoms with Crippen LogP contribution < -0.4 is 10.6 Å². The van der Waals surface area contributed by atoms with E-state index in [4.69, 9.17) is 5.11 Å². The van der Waals surface area contributed by atoms with Crippen LogP contribution in [0.2, 0.25) is 0 Å². The van der Waals surface area contributed by atoms with Gasteiger partial charge in [0.1, 0.15) is 0 Å². The second-order valence-corrected chi connectivity index (χ2v) is 5.78. The number of anilines is 1. The van der Waals surface area contributed by atoms with Crippen LogP contribution in [0.1, 0.15) is 37.4 Å². The van der Waals surface area contributed by atoms with Crippen molar-refractivity contribution in [1.82, 2.24) is 5.32 Å². The number of hydrogen-bond donors (Lipinski definition) is 3. The standard InChI is InChI=1S/C19H20N2O3/c1-12-6-7-15(21-9-8-20-10-11-22)17-16(12)18(23)13-4-2-3-5-14(13)19(17)24/h2-7,20-22H,8-11H2,1H3. The Bertz CT molecular complexity index is 799. The number of aryl methyl sites for hydroxylation is 1. The number of fused-ring (bicyclic) bond motifs is 2. The molecule has 3 N–H and O–H groups in total. The molecule has 0 fully saturated rings. The highest BCUT2D eigenvalue weighted by molar-refractivity contribution is 6.30. The van der Waals surface area contributed by atoms with Gasteiger partial charge >= 0.3 is 0 Å². The molecule has 0 unspecified atom stereocenters. The summed E-state index contributed by atoms with van der Waals surface area (Å²) in [7, 11) is 0. The number of ketones is 2. The molecular weight excluding hydrogens is 304 g/mol. The Labute approximate surface area is 140 Å². The molecule has 0 saturated heterocycles. The number of hydrogen-bond acceptors (Lipinski definition) is 5. The molecule has 5 nitrogen and oxygen atoms in total. The van der Waals surface area contributed by atoms with Crippen LogP contribution in [-0.2, 0) is 0 Å². The molecule has 0 atom stereocenters. The molecule has 0 radical (unpaired) electrons. The number of carbonyl (C=O) groups is 2. The fraction of sp³-hybridized carbons (Fsp3) is 0.263. The minimum atomic E-state index is -0.116. The zero-order chi connectivity index (χ0) is 17.1. The van der Waals surface area contributed by atoms with Crippen molar-refractivity contribution in [2.24, 2.45) is 0 Å². The van der Waals surface area contributed by atoms with E-state index in [1.165, 1.54) is 0 Å². The SMILES string of the molecule is Cc1ccc(NCCNCCO)c2c1C(=O)c1ccccc1C2=O. The summed E-state index contributed by atoms with van der Waals surface area (Å²) < 4.78 is 0. The first-order chi connectivity index (χ1) is 11.6. The summed E-state index contributed by atoms with van der Waals surface area (Å²) in [6.45, 7) is 3.72. The van der Waals surface area contributed by atoms with Crippen molar-refractivity contribution in [3.63, 3.8) is 0 Å². The van der Waals surface area contributed by atoms with Crippen LogP contribution in [0.3, 0.4) is 0 Å². The monoisotopic (exact) mass is 324 g/mol. The summed E-state index contributed by atoms with van der Waals surface area (Å²) in [5.41, 5.74) is 3.37. The van der Waals surface area contributed by atoms with E-state index in [0.717, 1.165) is 5.56 Å². The molecule has 2 aromatic carbocycles. The maximum absolute atomic E-state index is 12.9. The van der Waals surface area contributed by atoms with Gasteiger partial charge in [0.2, 0.25) is 0 Å². The Balaban J connectivity index is 1.95. The largest absolute Gasteiger partial charge is 0.395 e. The third-order valence-corrected chi connectivity index (χ3v) is 4.19. The van der Waals surface area contributed by atoms with E-state index in [1.807, 2.05) is 19.1 Å². The predicted octanol–water partition coefficient (Wildman–Crippen LogP) is 1.76. The topological polar surface area (TPSA) is 78.4 Å². The Morgan fingerprint density at radius 3 is 2.21 bits per heavy atom. The first-order valence-corrected chi connectivity index (χ1v) is 8.02. The average Bonchev–Trinajstić information content (AvgIpc) is 2.60. The lowest BCUT2D eigenvalue weighted by Gasteiger charge is -2.22. The van der Waals surface area contributed by atoms with Gasteiger partial charge in [-0.2, -0.15) is 0 Å². The van der Waals surface area contributed by atoms with Gasteiger partial charge in [0.15, 0.2) is 11.6 Å². The van der Waals surface area contributed by atoms with Crippen molar-refractivity contribution in [2.75, 3.05) is 31.6 Å². The van der Waals surface area contributed by atoms with E-state index < -0.39 is 0 Å². The summed E-state index contributed by atoms with van der Waals surface area (Å²) in [6, 6.07) is 10.7. The van der Waals surface area contributed by atoms with E-state index in [-0.39, 0.29) is 18.2 Å². The Kier molecular flexibility index (Phi) is 4.74. The highest BCUT2D eigenvalue weighted by Crippen LogP contribution is 2.33. The highest BCUT2D eigenvalue weighted by Gasteiger charge is 2.32. The number of aliphatic hydroxyl groups excluding tert-OH is 1. The molecule has 0 heterocycles. The maximum atomic E-state index is 12.9. The summed E-state index contributed by atoms with van der Waals surface area (Å²) in [6.07, 6.45) is 0. The highest BCUT2D eigenvalue weighted by atomic mass is 16.3. The zero-order valence-electron chi connectivity index (χ0n) is 13.6. The third kappa shape index (κ3) is 2.84. The van der Waals surface area contributed by atoms with Crippen molar-refractivity contribution in [3.8, 4) is 0 Å². The fourth-order valence-corrected chi connectivity index (χ4v) is 3.02. The molecular formula is C19H20N2O3. The molecule has 5 heteroatoms. The molecule has 0 aromatic heterocycles. The molecule has 0 saturated carbocycles. The molecule has 1 aliphatic carbocycles. The summed E-state index contributed by atoms with van der Waals surface area (Å²) >= 11 is 0. The lowest BCUT2D eigenvalue weighted by atomic mass is 9.81. The fourth-order valence-electron chi connectivity index (χ4n) is 3.02. The first-order valence-electron chi connectivity index (χ1n) is 8.02. The van der Waals surface area contributed by atoms with Crippen molar-refractivity contribution >= 4 is 17.3 Å². The predicted molar refractivity (Wildman–Crippen MR) is 92.9 cm³/mol. The molecule has 0 aliphatic heterocycles. The minimum Gasteiger partial charge on any atom is -0.395 e. The Hall–Kier alpha value is -2.50. The number of aliphatic hydroxyl groups is 1. The second-order valence-electron chi connectivity index (χ2n) is 5.78. The van der Waals surface area contributed by atoms with Gasteiger partial charge in [-0.25, -0.2) is 0 Å².